The first-order valence-electron chi connectivity index (χ1n) is 7.76. The third-order valence-electron chi connectivity index (χ3n) is 3.95. The fourth-order valence-corrected chi connectivity index (χ4v) is 4.39. The summed E-state index contributed by atoms with van der Waals surface area (Å²) in [4.78, 5) is 1.44. The molecule has 0 radical (unpaired) electrons. The summed E-state index contributed by atoms with van der Waals surface area (Å²) in [6, 6.07) is 9.65. The third-order valence-corrected chi connectivity index (χ3v) is 5.34. The van der Waals surface area contributed by atoms with Gasteiger partial charge in [-0.05, 0) is 38.4 Å². The Bertz CT molecular complexity index is 377. The van der Waals surface area contributed by atoms with Gasteiger partial charge < -0.3 is 5.32 Å². The minimum atomic E-state index is 0.691. The van der Waals surface area contributed by atoms with E-state index in [0.29, 0.717) is 6.04 Å². The average Bonchev–Trinajstić information content (AvgIpc) is 2.37. The molecule has 2 rings (SSSR count). The number of rotatable bonds is 4. The van der Waals surface area contributed by atoms with Crippen LogP contribution in [0.15, 0.2) is 29.2 Å². The van der Waals surface area contributed by atoms with Crippen molar-refractivity contribution in [3.8, 4) is 0 Å². The third kappa shape index (κ3) is 4.85. The number of nitrogens with one attached hydrogen (secondary N) is 1. The molecule has 2 heteroatoms. The van der Waals surface area contributed by atoms with Crippen LogP contribution < -0.4 is 5.32 Å². The fourth-order valence-electron chi connectivity index (χ4n) is 2.95. The van der Waals surface area contributed by atoms with E-state index in [4.69, 9.17) is 0 Å². The van der Waals surface area contributed by atoms with Crippen LogP contribution in [0.1, 0.15) is 51.0 Å². The topological polar surface area (TPSA) is 12.0 Å². The Kier molecular flexibility index (Phi) is 6.25. The molecule has 106 valence electrons. The Hall–Kier alpha value is -0.470. The lowest BCUT2D eigenvalue weighted by molar-refractivity contribution is 0.406. The molecule has 1 saturated carbocycles. The summed E-state index contributed by atoms with van der Waals surface area (Å²) in [5, 5.41) is 4.45. The van der Waals surface area contributed by atoms with Crippen molar-refractivity contribution in [3.63, 3.8) is 0 Å². The first-order valence-corrected chi connectivity index (χ1v) is 8.64. The summed E-state index contributed by atoms with van der Waals surface area (Å²) in [5.74, 6) is 0. The SMILES string of the molecule is CCNC1CCCCCCC1Sc1cccc(C)c1. The number of aryl methyl sites for hydroxylation is 1. The summed E-state index contributed by atoms with van der Waals surface area (Å²) in [6.45, 7) is 5.51. The van der Waals surface area contributed by atoms with Crippen molar-refractivity contribution in [2.45, 2.75) is 68.6 Å². The van der Waals surface area contributed by atoms with Gasteiger partial charge in [0.15, 0.2) is 0 Å². The summed E-state index contributed by atoms with van der Waals surface area (Å²) < 4.78 is 0. The first-order chi connectivity index (χ1) is 9.29. The van der Waals surface area contributed by atoms with Gasteiger partial charge >= 0.3 is 0 Å². The molecular formula is C17H27NS. The van der Waals surface area contributed by atoms with Gasteiger partial charge in [-0.1, -0.05) is 50.3 Å². The minimum Gasteiger partial charge on any atom is -0.313 e. The van der Waals surface area contributed by atoms with E-state index in [1.807, 2.05) is 0 Å². The Morgan fingerprint density at radius 2 is 1.95 bits per heavy atom. The molecule has 1 aliphatic rings. The normalized spacial score (nSPS) is 24.7. The maximum atomic E-state index is 3.72. The van der Waals surface area contributed by atoms with Crippen molar-refractivity contribution in [3.05, 3.63) is 29.8 Å². The lowest BCUT2D eigenvalue weighted by Crippen LogP contribution is -2.38. The smallest absolute Gasteiger partial charge is 0.0248 e. The monoisotopic (exact) mass is 277 g/mol. The predicted molar refractivity (Wildman–Crippen MR) is 86.0 cm³/mol. The first kappa shape index (κ1) is 14.9. The van der Waals surface area contributed by atoms with E-state index >= 15 is 0 Å². The molecule has 2 unspecified atom stereocenters. The second-order valence-electron chi connectivity index (χ2n) is 5.63. The van der Waals surface area contributed by atoms with E-state index in [1.54, 1.807) is 0 Å². The molecule has 0 spiro atoms. The van der Waals surface area contributed by atoms with E-state index in [9.17, 15) is 0 Å². The van der Waals surface area contributed by atoms with Crippen molar-refractivity contribution in [2.75, 3.05) is 6.54 Å². The van der Waals surface area contributed by atoms with E-state index in [0.717, 1.165) is 11.8 Å². The zero-order valence-electron chi connectivity index (χ0n) is 12.3. The molecule has 1 nitrogen and oxygen atoms in total. The Morgan fingerprint density at radius 3 is 2.68 bits per heavy atom. The Balaban J connectivity index is 2.03. The van der Waals surface area contributed by atoms with Crippen LogP contribution in [-0.4, -0.2) is 17.8 Å². The van der Waals surface area contributed by atoms with Crippen LogP contribution in [0.5, 0.6) is 0 Å². The van der Waals surface area contributed by atoms with E-state index < -0.39 is 0 Å². The largest absolute Gasteiger partial charge is 0.313 e. The lowest BCUT2D eigenvalue weighted by atomic mass is 9.96. The zero-order valence-corrected chi connectivity index (χ0v) is 13.1. The molecule has 1 aromatic carbocycles. The van der Waals surface area contributed by atoms with Crippen LogP contribution in [0.4, 0.5) is 0 Å². The number of hydrogen-bond donors (Lipinski definition) is 1. The molecule has 2 atom stereocenters. The van der Waals surface area contributed by atoms with Gasteiger partial charge in [0.1, 0.15) is 0 Å². The highest BCUT2D eigenvalue weighted by atomic mass is 32.2. The standard InChI is InChI=1S/C17H27NS/c1-3-18-16-11-6-4-5-7-12-17(16)19-15-10-8-9-14(2)13-15/h8-10,13,16-18H,3-7,11-12H2,1-2H3. The van der Waals surface area contributed by atoms with Crippen molar-refractivity contribution < 1.29 is 0 Å². The van der Waals surface area contributed by atoms with Crippen molar-refractivity contribution in [1.29, 1.82) is 0 Å². The highest BCUT2D eigenvalue weighted by Gasteiger charge is 2.22. The summed E-state index contributed by atoms with van der Waals surface area (Å²) in [5.41, 5.74) is 1.37. The lowest BCUT2D eigenvalue weighted by Gasteiger charge is -2.29. The number of hydrogen-bond acceptors (Lipinski definition) is 2. The summed E-state index contributed by atoms with van der Waals surface area (Å²) in [6.07, 6.45) is 8.33. The second kappa shape index (κ2) is 7.96. The second-order valence-corrected chi connectivity index (χ2v) is 6.94. The van der Waals surface area contributed by atoms with Gasteiger partial charge in [-0.25, -0.2) is 0 Å². The van der Waals surface area contributed by atoms with Gasteiger partial charge in [0, 0.05) is 16.2 Å². The molecule has 0 bridgehead atoms. The summed E-state index contributed by atoms with van der Waals surface area (Å²) >= 11 is 2.09. The Morgan fingerprint density at radius 1 is 1.16 bits per heavy atom. The molecule has 0 aromatic heterocycles. The van der Waals surface area contributed by atoms with Gasteiger partial charge in [0.25, 0.3) is 0 Å². The van der Waals surface area contributed by atoms with Crippen LogP contribution >= 0.6 is 11.8 Å². The molecule has 1 aromatic rings. The van der Waals surface area contributed by atoms with Crippen molar-refractivity contribution in [1.82, 2.24) is 5.32 Å². The zero-order chi connectivity index (χ0) is 13.5. The van der Waals surface area contributed by atoms with E-state index in [1.165, 1.54) is 49.0 Å². The molecule has 0 heterocycles. The number of benzene rings is 1. The Labute approximate surface area is 122 Å². The van der Waals surface area contributed by atoms with Crippen LogP contribution in [0.25, 0.3) is 0 Å². The minimum absolute atomic E-state index is 0.691. The number of thioether (sulfide) groups is 1. The quantitative estimate of drug-likeness (QED) is 0.849. The van der Waals surface area contributed by atoms with Crippen LogP contribution in [0, 0.1) is 6.92 Å². The maximum absolute atomic E-state index is 3.72. The molecule has 0 aliphatic heterocycles. The molecule has 1 fully saturated rings. The van der Waals surface area contributed by atoms with E-state index in [2.05, 4.69) is 55.2 Å². The van der Waals surface area contributed by atoms with Crippen LogP contribution in [0.3, 0.4) is 0 Å². The highest BCUT2D eigenvalue weighted by molar-refractivity contribution is 8.00. The van der Waals surface area contributed by atoms with Crippen LogP contribution in [-0.2, 0) is 0 Å². The van der Waals surface area contributed by atoms with Gasteiger partial charge in [-0.3, -0.25) is 0 Å². The van der Waals surface area contributed by atoms with Gasteiger partial charge in [0.2, 0.25) is 0 Å². The molecule has 1 aliphatic carbocycles. The molecule has 19 heavy (non-hydrogen) atoms. The van der Waals surface area contributed by atoms with Crippen LogP contribution in [0.2, 0.25) is 0 Å². The average molecular weight is 277 g/mol. The van der Waals surface area contributed by atoms with Gasteiger partial charge in [-0.2, -0.15) is 0 Å². The predicted octanol–water partition coefficient (Wildman–Crippen LogP) is 4.79. The van der Waals surface area contributed by atoms with Gasteiger partial charge in [-0.15, -0.1) is 11.8 Å². The highest BCUT2D eigenvalue weighted by Crippen LogP contribution is 2.32. The molecule has 1 N–H and O–H groups in total. The molecular weight excluding hydrogens is 250 g/mol. The fraction of sp³-hybridized carbons (Fsp3) is 0.647. The van der Waals surface area contributed by atoms with Crippen molar-refractivity contribution in [2.24, 2.45) is 0 Å². The summed E-state index contributed by atoms with van der Waals surface area (Å²) in [7, 11) is 0. The maximum Gasteiger partial charge on any atom is 0.0248 e. The molecule has 0 saturated heterocycles. The van der Waals surface area contributed by atoms with Gasteiger partial charge in [0.05, 0.1) is 0 Å². The van der Waals surface area contributed by atoms with Crippen molar-refractivity contribution >= 4 is 11.8 Å². The molecule has 0 amide bonds. The van der Waals surface area contributed by atoms with E-state index in [-0.39, 0.29) is 0 Å².